The number of aromatic nitrogens is 1. The second-order valence-electron chi connectivity index (χ2n) is 11.2. The monoisotopic (exact) mass is 501 g/mol. The molecule has 5 rings (SSSR count). The first-order valence-electron chi connectivity index (χ1n) is 12.9. The van der Waals surface area contributed by atoms with Gasteiger partial charge in [-0.25, -0.2) is 0 Å². The van der Waals surface area contributed by atoms with Crippen molar-refractivity contribution in [3.05, 3.63) is 69.5 Å². The van der Waals surface area contributed by atoms with E-state index in [1.165, 1.54) is 12.1 Å². The van der Waals surface area contributed by atoms with E-state index in [0.717, 1.165) is 78.7 Å². The van der Waals surface area contributed by atoms with Crippen LogP contribution in [0.25, 0.3) is 5.57 Å². The molecule has 0 amide bonds. The zero-order chi connectivity index (χ0) is 25.7. The van der Waals surface area contributed by atoms with Crippen LogP contribution < -0.4 is 0 Å². The Bertz CT molecular complexity index is 1150. The van der Waals surface area contributed by atoms with Crippen molar-refractivity contribution in [2.45, 2.75) is 83.1 Å². The molecule has 2 aromatic rings. The Balaban J connectivity index is 1.73. The summed E-state index contributed by atoms with van der Waals surface area (Å²) in [6, 6.07) is 4.74. The van der Waals surface area contributed by atoms with E-state index in [9.17, 15) is 23.4 Å². The molecule has 2 aliphatic carbocycles. The van der Waals surface area contributed by atoms with Crippen molar-refractivity contribution in [1.82, 2.24) is 4.98 Å². The van der Waals surface area contributed by atoms with Gasteiger partial charge in [-0.1, -0.05) is 32.1 Å². The van der Waals surface area contributed by atoms with Gasteiger partial charge in [-0.05, 0) is 79.2 Å². The zero-order valence-corrected chi connectivity index (χ0v) is 20.9. The largest absolute Gasteiger partial charge is 0.416 e. The Hall–Kier alpha value is -2.22. The molecular weight excluding hydrogens is 467 g/mol. The number of aliphatic hydroxyl groups is 2. The van der Waals surface area contributed by atoms with Gasteiger partial charge in [0.1, 0.15) is 6.10 Å². The van der Waals surface area contributed by atoms with Gasteiger partial charge in [-0.15, -0.1) is 0 Å². The van der Waals surface area contributed by atoms with Gasteiger partial charge >= 0.3 is 6.18 Å². The van der Waals surface area contributed by atoms with Gasteiger partial charge in [0.25, 0.3) is 0 Å². The molecule has 1 aliphatic heterocycles. The number of benzene rings is 1. The maximum atomic E-state index is 13.2. The number of nitrogens with zero attached hydrogens (tertiary/aromatic N) is 1. The predicted molar refractivity (Wildman–Crippen MR) is 131 cm³/mol. The number of pyridine rings is 1. The van der Waals surface area contributed by atoms with Crippen LogP contribution >= 0.6 is 0 Å². The quantitative estimate of drug-likeness (QED) is 0.492. The Morgan fingerprint density at radius 2 is 1.81 bits per heavy atom. The molecule has 1 unspecified atom stereocenters. The number of halogens is 3. The normalized spacial score (nSPS) is 23.3. The van der Waals surface area contributed by atoms with Crippen molar-refractivity contribution in [2.75, 3.05) is 13.2 Å². The Kier molecular flexibility index (Phi) is 6.77. The molecular formula is C29H34F3NO3. The van der Waals surface area contributed by atoms with E-state index < -0.39 is 23.9 Å². The minimum absolute atomic E-state index is 0.0751. The lowest BCUT2D eigenvalue weighted by molar-refractivity contribution is -0.137. The number of rotatable bonds is 4. The number of alkyl halides is 3. The number of hydrogen-bond donors (Lipinski definition) is 2. The van der Waals surface area contributed by atoms with Crippen LogP contribution in [0, 0.1) is 5.41 Å². The van der Waals surface area contributed by atoms with Crippen LogP contribution in [0.15, 0.2) is 30.3 Å². The molecule has 7 heteroatoms. The SMILES string of the molecule is CC1(C)Cc2nc(C3CCOCC3)c([C@@H](O)c3ccc(C(F)(F)F)cc3)c(C3=CCCC3)c2C(O)C1. The van der Waals surface area contributed by atoms with Crippen LogP contribution in [0.2, 0.25) is 0 Å². The average molecular weight is 502 g/mol. The van der Waals surface area contributed by atoms with Crippen LogP contribution in [0.5, 0.6) is 0 Å². The first kappa shape index (κ1) is 25.4. The topological polar surface area (TPSA) is 62.6 Å². The third kappa shape index (κ3) is 4.85. The predicted octanol–water partition coefficient (Wildman–Crippen LogP) is 6.65. The van der Waals surface area contributed by atoms with Crippen molar-refractivity contribution >= 4 is 5.57 Å². The zero-order valence-electron chi connectivity index (χ0n) is 20.9. The van der Waals surface area contributed by atoms with Crippen LogP contribution in [0.1, 0.15) is 110 Å². The molecule has 0 saturated carbocycles. The average Bonchev–Trinajstić information content (AvgIpc) is 3.36. The fourth-order valence-corrected chi connectivity index (χ4v) is 6.15. The Labute approximate surface area is 210 Å². The number of allylic oxidation sites excluding steroid dienone is 2. The second kappa shape index (κ2) is 9.58. The lowest BCUT2D eigenvalue weighted by atomic mass is 9.71. The van der Waals surface area contributed by atoms with E-state index in [2.05, 4.69) is 19.9 Å². The van der Waals surface area contributed by atoms with Crippen LogP contribution in [-0.4, -0.2) is 28.4 Å². The fraction of sp³-hybridized carbons (Fsp3) is 0.552. The van der Waals surface area contributed by atoms with E-state index in [4.69, 9.17) is 9.72 Å². The summed E-state index contributed by atoms with van der Waals surface area (Å²) in [5.41, 5.74) is 4.62. The molecule has 1 aromatic carbocycles. The maximum absolute atomic E-state index is 13.2. The summed E-state index contributed by atoms with van der Waals surface area (Å²) in [4.78, 5) is 5.14. The van der Waals surface area contributed by atoms with E-state index in [1.807, 2.05) is 0 Å². The highest BCUT2D eigenvalue weighted by molar-refractivity contribution is 5.75. The van der Waals surface area contributed by atoms with Gasteiger partial charge in [-0.3, -0.25) is 4.98 Å². The van der Waals surface area contributed by atoms with Crippen molar-refractivity contribution in [3.8, 4) is 0 Å². The summed E-state index contributed by atoms with van der Waals surface area (Å²) in [5.74, 6) is 0.0751. The Morgan fingerprint density at radius 1 is 1.11 bits per heavy atom. The van der Waals surface area contributed by atoms with Gasteiger partial charge in [0.15, 0.2) is 0 Å². The highest BCUT2D eigenvalue weighted by Crippen LogP contribution is 2.49. The first-order chi connectivity index (χ1) is 17.0. The van der Waals surface area contributed by atoms with Crippen LogP contribution in [0.3, 0.4) is 0 Å². The molecule has 36 heavy (non-hydrogen) atoms. The second-order valence-corrected chi connectivity index (χ2v) is 11.2. The molecule has 2 heterocycles. The van der Waals surface area contributed by atoms with Gasteiger partial charge in [-0.2, -0.15) is 13.2 Å². The molecule has 0 radical (unpaired) electrons. The summed E-state index contributed by atoms with van der Waals surface area (Å²) >= 11 is 0. The molecule has 4 nitrogen and oxygen atoms in total. The minimum Gasteiger partial charge on any atom is -0.388 e. The lowest BCUT2D eigenvalue weighted by Gasteiger charge is -2.38. The summed E-state index contributed by atoms with van der Waals surface area (Å²) in [7, 11) is 0. The van der Waals surface area contributed by atoms with Gasteiger partial charge in [0.05, 0.1) is 17.4 Å². The van der Waals surface area contributed by atoms with Gasteiger partial charge in [0.2, 0.25) is 0 Å². The Morgan fingerprint density at radius 3 is 2.42 bits per heavy atom. The first-order valence-corrected chi connectivity index (χ1v) is 12.9. The van der Waals surface area contributed by atoms with Crippen molar-refractivity contribution in [3.63, 3.8) is 0 Å². The molecule has 3 aliphatic rings. The van der Waals surface area contributed by atoms with Crippen LogP contribution in [-0.2, 0) is 17.3 Å². The molecule has 1 saturated heterocycles. The number of hydrogen-bond acceptors (Lipinski definition) is 4. The fourth-order valence-electron chi connectivity index (χ4n) is 6.15. The number of aliphatic hydroxyl groups excluding tert-OH is 2. The number of fused-ring (bicyclic) bond motifs is 1. The molecule has 2 N–H and O–H groups in total. The van der Waals surface area contributed by atoms with E-state index in [1.54, 1.807) is 0 Å². The summed E-state index contributed by atoms with van der Waals surface area (Å²) < 4.78 is 45.2. The van der Waals surface area contributed by atoms with E-state index in [0.29, 0.717) is 30.8 Å². The highest BCUT2D eigenvalue weighted by Gasteiger charge is 2.39. The smallest absolute Gasteiger partial charge is 0.388 e. The molecule has 194 valence electrons. The number of ether oxygens (including phenoxy) is 1. The molecule has 0 spiro atoms. The maximum Gasteiger partial charge on any atom is 0.416 e. The molecule has 0 bridgehead atoms. The minimum atomic E-state index is -4.44. The lowest BCUT2D eigenvalue weighted by Crippen LogP contribution is -2.30. The standard InChI is InChI=1S/C29H34F3NO3/c1-28(2)15-21-24(22(34)16-28)23(17-5-3-4-6-17)25(26(33-21)18-11-13-36-14-12-18)27(35)19-7-9-20(10-8-19)29(30,31)32/h5,7-10,18,22,27,34-35H,3-4,6,11-16H2,1-2H3/t22?,27-/m0/s1. The third-order valence-electron chi connectivity index (χ3n) is 7.90. The third-order valence-corrected chi connectivity index (χ3v) is 7.90. The summed E-state index contributed by atoms with van der Waals surface area (Å²) in [6.45, 7) is 5.47. The molecule has 1 aromatic heterocycles. The van der Waals surface area contributed by atoms with Crippen molar-refractivity contribution < 1.29 is 28.1 Å². The summed E-state index contributed by atoms with van der Waals surface area (Å²) in [5, 5.41) is 23.1. The van der Waals surface area contributed by atoms with E-state index in [-0.39, 0.29) is 11.3 Å². The van der Waals surface area contributed by atoms with Gasteiger partial charge in [0, 0.05) is 36.0 Å². The van der Waals surface area contributed by atoms with Gasteiger partial charge < -0.3 is 14.9 Å². The summed E-state index contributed by atoms with van der Waals surface area (Å²) in [6.07, 6.45) is 1.49. The molecule has 2 atom stereocenters. The van der Waals surface area contributed by atoms with Crippen LogP contribution in [0.4, 0.5) is 13.2 Å². The van der Waals surface area contributed by atoms with E-state index >= 15 is 0 Å². The molecule has 1 fully saturated rings. The highest BCUT2D eigenvalue weighted by atomic mass is 19.4. The van der Waals surface area contributed by atoms with Crippen molar-refractivity contribution in [1.29, 1.82) is 0 Å². The van der Waals surface area contributed by atoms with Crippen molar-refractivity contribution in [2.24, 2.45) is 5.41 Å².